The Morgan fingerprint density at radius 3 is 2.65 bits per heavy atom. The van der Waals surface area contributed by atoms with Crippen LogP contribution in [-0.2, 0) is 13.6 Å². The van der Waals surface area contributed by atoms with Crippen LogP contribution in [0.2, 0.25) is 0 Å². The number of aryl methyl sites for hydroxylation is 3. The summed E-state index contributed by atoms with van der Waals surface area (Å²) in [5.74, 6) is 0.531. The molecule has 0 unspecified atom stereocenters. The predicted octanol–water partition coefficient (Wildman–Crippen LogP) is 0.142. The molecule has 0 spiro atoms. The second-order valence-corrected chi connectivity index (χ2v) is 4.59. The summed E-state index contributed by atoms with van der Waals surface area (Å²) >= 11 is 0. The van der Waals surface area contributed by atoms with Crippen LogP contribution in [0.1, 0.15) is 12.6 Å². The molecule has 3 aromatic heterocycles. The fourth-order valence-electron chi connectivity index (χ4n) is 2.29. The smallest absolute Gasteiger partial charge is 0.330 e. The third-order valence-corrected chi connectivity index (χ3v) is 3.22. The van der Waals surface area contributed by atoms with Crippen molar-refractivity contribution in [2.75, 3.05) is 0 Å². The maximum absolute atomic E-state index is 11.8. The molecular weight excluding hydrogens is 260 g/mol. The van der Waals surface area contributed by atoms with Crippen molar-refractivity contribution >= 4 is 11.2 Å². The van der Waals surface area contributed by atoms with Crippen LogP contribution in [0, 0.1) is 6.92 Å². The number of fused-ring (bicyclic) bond motifs is 1. The summed E-state index contributed by atoms with van der Waals surface area (Å²) in [6.07, 6.45) is 1.82. The van der Waals surface area contributed by atoms with E-state index >= 15 is 0 Å². The number of rotatable bonds is 2. The summed E-state index contributed by atoms with van der Waals surface area (Å²) in [5, 5.41) is 4.24. The van der Waals surface area contributed by atoms with Gasteiger partial charge in [-0.1, -0.05) is 0 Å². The van der Waals surface area contributed by atoms with Crippen molar-refractivity contribution in [1.82, 2.24) is 29.3 Å². The van der Waals surface area contributed by atoms with Crippen molar-refractivity contribution in [2.24, 2.45) is 7.05 Å². The first kappa shape index (κ1) is 12.4. The van der Waals surface area contributed by atoms with Crippen LogP contribution in [0.5, 0.6) is 0 Å². The Balaban J connectivity index is 2.36. The molecule has 0 aliphatic carbocycles. The number of nitrogens with one attached hydrogen (secondary N) is 2. The van der Waals surface area contributed by atoms with E-state index in [0.717, 1.165) is 11.3 Å². The van der Waals surface area contributed by atoms with Crippen molar-refractivity contribution in [3.05, 3.63) is 32.7 Å². The highest BCUT2D eigenvalue weighted by Gasteiger charge is 2.15. The molecule has 0 aliphatic heterocycles. The van der Waals surface area contributed by atoms with Crippen molar-refractivity contribution in [1.29, 1.82) is 0 Å². The summed E-state index contributed by atoms with van der Waals surface area (Å²) in [5.41, 5.74) is 1.34. The number of aromatic nitrogens is 6. The van der Waals surface area contributed by atoms with Gasteiger partial charge >= 0.3 is 5.69 Å². The van der Waals surface area contributed by atoms with E-state index in [4.69, 9.17) is 0 Å². The number of nitrogens with zero attached hydrogens (tertiary/aromatic N) is 4. The number of H-pyrrole nitrogens is 2. The molecule has 3 aromatic rings. The average molecular weight is 274 g/mol. The van der Waals surface area contributed by atoms with Crippen LogP contribution in [0.25, 0.3) is 22.6 Å². The molecule has 0 bridgehead atoms. The summed E-state index contributed by atoms with van der Waals surface area (Å²) < 4.78 is 3.09. The Labute approximate surface area is 113 Å². The molecule has 0 saturated heterocycles. The Hall–Kier alpha value is -2.64. The van der Waals surface area contributed by atoms with Crippen LogP contribution in [-0.4, -0.2) is 29.3 Å². The summed E-state index contributed by atoms with van der Waals surface area (Å²) in [4.78, 5) is 33.2. The van der Waals surface area contributed by atoms with Crippen molar-refractivity contribution < 1.29 is 0 Å². The second kappa shape index (κ2) is 4.19. The first-order valence-electron chi connectivity index (χ1n) is 6.24. The molecule has 104 valence electrons. The lowest BCUT2D eigenvalue weighted by atomic mass is 10.2. The van der Waals surface area contributed by atoms with E-state index in [1.807, 2.05) is 27.1 Å². The van der Waals surface area contributed by atoms with Gasteiger partial charge in [-0.3, -0.25) is 19.0 Å². The monoisotopic (exact) mass is 274 g/mol. The number of hydrogen-bond acceptors (Lipinski definition) is 4. The van der Waals surface area contributed by atoms with Crippen molar-refractivity contribution in [2.45, 2.75) is 20.4 Å². The van der Waals surface area contributed by atoms with Crippen LogP contribution in [0.4, 0.5) is 0 Å². The number of hydrogen-bond donors (Lipinski definition) is 2. The third kappa shape index (κ3) is 1.68. The highest BCUT2D eigenvalue weighted by atomic mass is 16.2. The zero-order chi connectivity index (χ0) is 14.4. The summed E-state index contributed by atoms with van der Waals surface area (Å²) in [7, 11) is 1.81. The molecule has 0 saturated carbocycles. The van der Waals surface area contributed by atoms with Crippen LogP contribution < -0.4 is 11.2 Å². The zero-order valence-electron chi connectivity index (χ0n) is 11.4. The number of aromatic amines is 2. The lowest BCUT2D eigenvalue weighted by Crippen LogP contribution is -2.29. The fraction of sp³-hybridized carbons (Fsp3) is 0.333. The van der Waals surface area contributed by atoms with Crippen molar-refractivity contribution in [3.63, 3.8) is 0 Å². The lowest BCUT2D eigenvalue weighted by Gasteiger charge is -1.99. The Morgan fingerprint density at radius 1 is 1.30 bits per heavy atom. The van der Waals surface area contributed by atoms with Gasteiger partial charge < -0.3 is 4.98 Å². The van der Waals surface area contributed by atoms with E-state index in [9.17, 15) is 9.59 Å². The summed E-state index contributed by atoms with van der Waals surface area (Å²) in [6.45, 7) is 4.12. The van der Waals surface area contributed by atoms with Crippen LogP contribution >= 0.6 is 0 Å². The second-order valence-electron chi connectivity index (χ2n) is 4.59. The molecule has 0 radical (unpaired) electrons. The van der Waals surface area contributed by atoms with Gasteiger partial charge in [0.2, 0.25) is 0 Å². The quantitative estimate of drug-likeness (QED) is 0.694. The van der Waals surface area contributed by atoms with Gasteiger partial charge in [-0.05, 0) is 13.8 Å². The molecule has 0 aromatic carbocycles. The zero-order valence-corrected chi connectivity index (χ0v) is 11.4. The SMILES string of the molecule is CCn1c(=O)[nH]c(=O)c2[nH]c(-c3cn(C)nc3C)nc21. The maximum Gasteiger partial charge on any atom is 0.330 e. The molecule has 2 N–H and O–H groups in total. The number of imidazole rings is 1. The van der Waals surface area contributed by atoms with Gasteiger partial charge in [-0.15, -0.1) is 0 Å². The van der Waals surface area contributed by atoms with Gasteiger partial charge in [0.15, 0.2) is 5.65 Å². The lowest BCUT2D eigenvalue weighted by molar-refractivity contribution is 0.720. The Bertz CT molecular complexity index is 910. The van der Waals surface area contributed by atoms with Crippen molar-refractivity contribution in [3.8, 4) is 11.4 Å². The van der Waals surface area contributed by atoms with Gasteiger partial charge in [-0.2, -0.15) is 5.10 Å². The van der Waals surface area contributed by atoms with E-state index in [1.54, 1.807) is 4.68 Å². The fourth-order valence-corrected chi connectivity index (χ4v) is 2.29. The normalized spacial score (nSPS) is 11.3. The molecule has 3 rings (SSSR count). The third-order valence-electron chi connectivity index (χ3n) is 3.22. The minimum Gasteiger partial charge on any atom is -0.332 e. The Morgan fingerprint density at radius 2 is 2.05 bits per heavy atom. The Kier molecular flexibility index (Phi) is 2.60. The molecular formula is C12H14N6O2. The molecule has 8 nitrogen and oxygen atoms in total. The standard InChI is InChI=1S/C12H14N6O2/c1-4-18-10-8(11(19)15-12(18)20)13-9(14-10)7-5-17(3)16-6(7)2/h5H,4H2,1-3H3,(H,13,14)(H,15,19,20). The van der Waals surface area contributed by atoms with Crippen LogP contribution in [0.15, 0.2) is 15.8 Å². The summed E-state index contributed by atoms with van der Waals surface area (Å²) in [6, 6.07) is 0. The van der Waals surface area contributed by atoms with E-state index in [1.165, 1.54) is 4.57 Å². The van der Waals surface area contributed by atoms with E-state index in [2.05, 4.69) is 20.1 Å². The van der Waals surface area contributed by atoms with E-state index < -0.39 is 11.2 Å². The maximum atomic E-state index is 11.8. The first-order valence-corrected chi connectivity index (χ1v) is 6.24. The molecule has 8 heteroatoms. The predicted molar refractivity (Wildman–Crippen MR) is 73.6 cm³/mol. The first-order chi connectivity index (χ1) is 9.51. The molecule has 3 heterocycles. The minimum absolute atomic E-state index is 0.296. The molecule has 0 amide bonds. The molecule has 0 aliphatic rings. The highest BCUT2D eigenvalue weighted by Crippen LogP contribution is 2.20. The molecule has 0 atom stereocenters. The largest absolute Gasteiger partial charge is 0.332 e. The minimum atomic E-state index is -0.463. The van der Waals surface area contributed by atoms with Crippen LogP contribution in [0.3, 0.4) is 0 Å². The van der Waals surface area contributed by atoms with Gasteiger partial charge in [-0.25, -0.2) is 9.78 Å². The topological polar surface area (TPSA) is 101 Å². The van der Waals surface area contributed by atoms with E-state index in [-0.39, 0.29) is 0 Å². The van der Waals surface area contributed by atoms with Gasteiger partial charge in [0, 0.05) is 19.8 Å². The highest BCUT2D eigenvalue weighted by molar-refractivity contribution is 5.75. The molecule has 0 fully saturated rings. The molecule has 20 heavy (non-hydrogen) atoms. The van der Waals surface area contributed by atoms with E-state index in [0.29, 0.717) is 23.5 Å². The van der Waals surface area contributed by atoms with Gasteiger partial charge in [0.1, 0.15) is 11.3 Å². The van der Waals surface area contributed by atoms with Gasteiger partial charge in [0.05, 0.1) is 11.3 Å². The van der Waals surface area contributed by atoms with Gasteiger partial charge in [0.25, 0.3) is 5.56 Å². The average Bonchev–Trinajstić information content (AvgIpc) is 2.93.